The molecule has 110 valence electrons. The third-order valence-corrected chi connectivity index (χ3v) is 3.67. The van der Waals surface area contributed by atoms with E-state index in [1.807, 2.05) is 7.05 Å². The van der Waals surface area contributed by atoms with E-state index in [9.17, 15) is 4.39 Å². The lowest BCUT2D eigenvalue weighted by Crippen LogP contribution is -2.57. The Morgan fingerprint density at radius 1 is 1.29 bits per heavy atom. The average molecular weight is 287 g/mol. The number of hydrogen-bond acceptors (Lipinski definition) is 5. The standard InChI is InChI=1S/C15H18FN5/c1-18-12-8-21(9-12)15-7-13(17)19-14(20-15)6-10-2-4-11(16)5-3-10/h2-5,7,12,18H,6,8-9H2,1H3,(H2,17,19,20). The van der Waals surface area contributed by atoms with E-state index in [2.05, 4.69) is 20.2 Å². The fraction of sp³-hybridized carbons (Fsp3) is 0.333. The molecule has 0 bridgehead atoms. The first kappa shape index (κ1) is 13.8. The zero-order valence-electron chi connectivity index (χ0n) is 11.9. The van der Waals surface area contributed by atoms with Crippen molar-refractivity contribution in [3.63, 3.8) is 0 Å². The predicted octanol–water partition coefficient (Wildman–Crippen LogP) is 1.20. The lowest BCUT2D eigenvalue weighted by molar-refractivity contribution is 0.446. The molecule has 1 aromatic heterocycles. The van der Waals surface area contributed by atoms with Gasteiger partial charge in [0.15, 0.2) is 0 Å². The Labute approximate surface area is 123 Å². The molecule has 0 aliphatic carbocycles. The topological polar surface area (TPSA) is 67.1 Å². The van der Waals surface area contributed by atoms with Gasteiger partial charge in [-0.05, 0) is 24.7 Å². The number of nitrogens with two attached hydrogens (primary N) is 1. The van der Waals surface area contributed by atoms with Crippen molar-refractivity contribution in [2.45, 2.75) is 12.5 Å². The summed E-state index contributed by atoms with van der Waals surface area (Å²) in [6.45, 7) is 1.84. The number of halogens is 1. The van der Waals surface area contributed by atoms with Gasteiger partial charge in [-0.3, -0.25) is 0 Å². The molecule has 0 unspecified atom stereocenters. The molecule has 1 aliphatic heterocycles. The van der Waals surface area contributed by atoms with Gasteiger partial charge < -0.3 is 16.0 Å². The zero-order valence-corrected chi connectivity index (χ0v) is 11.9. The second-order valence-corrected chi connectivity index (χ2v) is 5.26. The van der Waals surface area contributed by atoms with Gasteiger partial charge in [-0.1, -0.05) is 12.1 Å². The highest BCUT2D eigenvalue weighted by atomic mass is 19.1. The Morgan fingerprint density at radius 2 is 2.00 bits per heavy atom. The van der Waals surface area contributed by atoms with Crippen LogP contribution < -0.4 is 16.0 Å². The van der Waals surface area contributed by atoms with Crippen molar-refractivity contribution >= 4 is 11.6 Å². The summed E-state index contributed by atoms with van der Waals surface area (Å²) in [7, 11) is 1.95. The monoisotopic (exact) mass is 287 g/mol. The maximum absolute atomic E-state index is 12.9. The van der Waals surface area contributed by atoms with Crippen molar-refractivity contribution < 1.29 is 4.39 Å². The lowest BCUT2D eigenvalue weighted by Gasteiger charge is -2.40. The summed E-state index contributed by atoms with van der Waals surface area (Å²) in [4.78, 5) is 11.0. The molecule has 1 fully saturated rings. The van der Waals surface area contributed by atoms with E-state index in [0.29, 0.717) is 24.1 Å². The molecule has 0 radical (unpaired) electrons. The van der Waals surface area contributed by atoms with Gasteiger partial charge in [-0.2, -0.15) is 0 Å². The first-order chi connectivity index (χ1) is 10.1. The van der Waals surface area contributed by atoms with Crippen molar-refractivity contribution in [2.75, 3.05) is 30.8 Å². The normalized spacial score (nSPS) is 15.0. The van der Waals surface area contributed by atoms with E-state index in [0.717, 1.165) is 24.5 Å². The molecule has 2 heterocycles. The number of nitrogens with zero attached hydrogens (tertiary/aromatic N) is 3. The quantitative estimate of drug-likeness (QED) is 0.884. The highest BCUT2D eigenvalue weighted by molar-refractivity contribution is 5.49. The van der Waals surface area contributed by atoms with Crippen LogP contribution in [0.15, 0.2) is 30.3 Å². The molecule has 3 rings (SSSR count). The van der Waals surface area contributed by atoms with E-state index in [4.69, 9.17) is 5.73 Å². The zero-order chi connectivity index (χ0) is 14.8. The Bertz CT molecular complexity index is 622. The smallest absolute Gasteiger partial charge is 0.137 e. The number of nitrogen functional groups attached to an aromatic ring is 1. The molecule has 6 heteroatoms. The molecule has 1 aromatic carbocycles. The molecule has 0 saturated carbocycles. The molecule has 3 N–H and O–H groups in total. The summed E-state index contributed by atoms with van der Waals surface area (Å²) in [5.41, 5.74) is 6.83. The van der Waals surface area contributed by atoms with E-state index in [-0.39, 0.29) is 5.82 Å². The van der Waals surface area contributed by atoms with Gasteiger partial charge in [-0.15, -0.1) is 0 Å². The van der Waals surface area contributed by atoms with Gasteiger partial charge in [0.25, 0.3) is 0 Å². The van der Waals surface area contributed by atoms with Crippen molar-refractivity contribution in [3.05, 3.63) is 47.5 Å². The summed E-state index contributed by atoms with van der Waals surface area (Å²) in [6, 6.07) is 8.65. The van der Waals surface area contributed by atoms with Gasteiger partial charge >= 0.3 is 0 Å². The van der Waals surface area contributed by atoms with Crippen molar-refractivity contribution in [1.82, 2.24) is 15.3 Å². The number of hydrogen-bond donors (Lipinski definition) is 2. The molecular formula is C15H18FN5. The van der Waals surface area contributed by atoms with E-state index < -0.39 is 0 Å². The molecular weight excluding hydrogens is 269 g/mol. The molecule has 21 heavy (non-hydrogen) atoms. The number of likely N-dealkylation sites (N-methyl/N-ethyl adjacent to an activating group) is 1. The van der Waals surface area contributed by atoms with Crippen LogP contribution in [0.3, 0.4) is 0 Å². The number of rotatable bonds is 4. The van der Waals surface area contributed by atoms with Crippen LogP contribution in [0.2, 0.25) is 0 Å². The third kappa shape index (κ3) is 3.11. The summed E-state index contributed by atoms with van der Waals surface area (Å²) in [5, 5.41) is 3.22. The Hall–Kier alpha value is -2.21. The van der Waals surface area contributed by atoms with Crippen molar-refractivity contribution in [1.29, 1.82) is 0 Å². The summed E-state index contributed by atoms with van der Waals surface area (Å²) >= 11 is 0. The molecule has 0 amide bonds. The Morgan fingerprint density at radius 3 is 2.67 bits per heavy atom. The first-order valence-electron chi connectivity index (χ1n) is 6.94. The Kier molecular flexibility index (Phi) is 3.70. The van der Waals surface area contributed by atoms with Crippen LogP contribution in [-0.4, -0.2) is 36.1 Å². The molecule has 1 aliphatic rings. The highest BCUT2D eigenvalue weighted by Crippen LogP contribution is 2.21. The van der Waals surface area contributed by atoms with Crippen molar-refractivity contribution in [3.8, 4) is 0 Å². The lowest BCUT2D eigenvalue weighted by atomic mass is 10.1. The number of nitrogens with one attached hydrogen (secondary N) is 1. The SMILES string of the molecule is CNC1CN(c2cc(N)nc(Cc3ccc(F)cc3)n2)C1. The van der Waals surface area contributed by atoms with Gasteiger partial charge in [0, 0.05) is 31.6 Å². The van der Waals surface area contributed by atoms with E-state index >= 15 is 0 Å². The van der Waals surface area contributed by atoms with E-state index in [1.54, 1.807) is 18.2 Å². The van der Waals surface area contributed by atoms with Crippen LogP contribution in [-0.2, 0) is 6.42 Å². The Balaban J connectivity index is 1.76. The first-order valence-corrected chi connectivity index (χ1v) is 6.94. The molecule has 1 saturated heterocycles. The van der Waals surface area contributed by atoms with Crippen LogP contribution in [0, 0.1) is 5.82 Å². The second-order valence-electron chi connectivity index (χ2n) is 5.26. The van der Waals surface area contributed by atoms with Gasteiger partial charge in [0.05, 0.1) is 0 Å². The molecule has 0 spiro atoms. The maximum Gasteiger partial charge on any atom is 0.137 e. The second kappa shape index (κ2) is 5.65. The van der Waals surface area contributed by atoms with Crippen LogP contribution in [0.4, 0.5) is 16.0 Å². The number of benzene rings is 1. The average Bonchev–Trinajstić information content (AvgIpc) is 2.40. The largest absolute Gasteiger partial charge is 0.384 e. The molecule has 0 atom stereocenters. The highest BCUT2D eigenvalue weighted by Gasteiger charge is 2.26. The summed E-state index contributed by atoms with van der Waals surface area (Å²) in [5.74, 6) is 1.73. The molecule has 2 aromatic rings. The van der Waals surface area contributed by atoms with Gasteiger partial charge in [-0.25, -0.2) is 14.4 Å². The molecule has 5 nitrogen and oxygen atoms in total. The minimum Gasteiger partial charge on any atom is -0.384 e. The van der Waals surface area contributed by atoms with Crippen LogP contribution >= 0.6 is 0 Å². The van der Waals surface area contributed by atoms with E-state index in [1.165, 1.54) is 12.1 Å². The number of anilines is 2. The predicted molar refractivity (Wildman–Crippen MR) is 80.7 cm³/mol. The third-order valence-electron chi connectivity index (χ3n) is 3.67. The maximum atomic E-state index is 12.9. The summed E-state index contributed by atoms with van der Waals surface area (Å²) in [6.07, 6.45) is 0.543. The summed E-state index contributed by atoms with van der Waals surface area (Å²) < 4.78 is 12.9. The van der Waals surface area contributed by atoms with Gasteiger partial charge in [0.2, 0.25) is 0 Å². The van der Waals surface area contributed by atoms with Crippen LogP contribution in [0.25, 0.3) is 0 Å². The van der Waals surface area contributed by atoms with Crippen LogP contribution in [0.5, 0.6) is 0 Å². The fourth-order valence-electron chi connectivity index (χ4n) is 2.38. The minimum atomic E-state index is -0.244. The fourth-order valence-corrected chi connectivity index (χ4v) is 2.38. The van der Waals surface area contributed by atoms with Crippen LogP contribution in [0.1, 0.15) is 11.4 Å². The minimum absolute atomic E-state index is 0.244. The van der Waals surface area contributed by atoms with Crippen molar-refractivity contribution in [2.24, 2.45) is 0 Å². The number of aromatic nitrogens is 2. The van der Waals surface area contributed by atoms with Gasteiger partial charge in [0.1, 0.15) is 23.3 Å².